The lowest BCUT2D eigenvalue weighted by Gasteiger charge is -2.32. The number of thioether (sulfide) groups is 1. The Hall–Kier alpha value is -0.470. The maximum absolute atomic E-state index is 3.74. The molecule has 1 nitrogen and oxygen atoms in total. The van der Waals surface area contributed by atoms with Gasteiger partial charge in [-0.2, -0.15) is 0 Å². The molecular weight excluding hydrogens is 238 g/mol. The van der Waals surface area contributed by atoms with Crippen molar-refractivity contribution < 1.29 is 0 Å². The predicted octanol–water partition coefficient (Wildman–Crippen LogP) is 3.87. The summed E-state index contributed by atoms with van der Waals surface area (Å²) in [5, 5.41) is 4.49. The molecule has 0 saturated heterocycles. The zero-order valence-corrected chi connectivity index (χ0v) is 12.0. The van der Waals surface area contributed by atoms with Crippen LogP contribution < -0.4 is 5.32 Å². The Kier molecular flexibility index (Phi) is 3.95. The minimum absolute atomic E-state index is 0.706. The van der Waals surface area contributed by atoms with Gasteiger partial charge in [-0.15, -0.1) is 11.8 Å². The molecule has 1 aromatic carbocycles. The summed E-state index contributed by atoms with van der Waals surface area (Å²) in [6.45, 7) is 3.34. The molecular formula is C16H23NS. The summed E-state index contributed by atoms with van der Waals surface area (Å²) >= 11 is 2.10. The van der Waals surface area contributed by atoms with E-state index in [1.165, 1.54) is 37.0 Å². The first kappa shape index (κ1) is 12.6. The predicted molar refractivity (Wildman–Crippen MR) is 79.2 cm³/mol. The molecule has 0 amide bonds. The van der Waals surface area contributed by atoms with Crippen molar-refractivity contribution in [3.05, 3.63) is 29.8 Å². The van der Waals surface area contributed by atoms with Gasteiger partial charge in [0, 0.05) is 16.2 Å². The van der Waals surface area contributed by atoms with Crippen molar-refractivity contribution in [1.29, 1.82) is 0 Å². The van der Waals surface area contributed by atoms with E-state index in [4.69, 9.17) is 0 Å². The van der Waals surface area contributed by atoms with Crippen molar-refractivity contribution >= 4 is 11.8 Å². The Labute approximate surface area is 115 Å². The second kappa shape index (κ2) is 5.66. The summed E-state index contributed by atoms with van der Waals surface area (Å²) in [4.78, 5) is 1.51. The quantitative estimate of drug-likeness (QED) is 0.863. The Balaban J connectivity index is 1.65. The Bertz CT molecular complexity index is 375. The van der Waals surface area contributed by atoms with Crippen LogP contribution in [0.3, 0.4) is 0 Å². The third-order valence-electron chi connectivity index (χ3n) is 4.40. The highest BCUT2D eigenvalue weighted by atomic mass is 32.2. The SMILES string of the molecule is CCNC(CC1CCC1)C1Cc2ccccc2S1. The molecule has 18 heavy (non-hydrogen) atoms. The molecule has 0 spiro atoms. The summed E-state index contributed by atoms with van der Waals surface area (Å²) < 4.78 is 0. The van der Waals surface area contributed by atoms with E-state index in [0.29, 0.717) is 6.04 Å². The second-order valence-electron chi connectivity index (χ2n) is 5.66. The van der Waals surface area contributed by atoms with Crippen LogP contribution in [0.25, 0.3) is 0 Å². The lowest BCUT2D eigenvalue weighted by atomic mass is 9.80. The van der Waals surface area contributed by atoms with Crippen LogP contribution in [-0.2, 0) is 6.42 Å². The van der Waals surface area contributed by atoms with Crippen molar-refractivity contribution in [1.82, 2.24) is 5.32 Å². The van der Waals surface area contributed by atoms with E-state index in [2.05, 4.69) is 48.3 Å². The molecule has 2 atom stereocenters. The maximum Gasteiger partial charge on any atom is 0.0289 e. The minimum Gasteiger partial charge on any atom is -0.313 e. The normalized spacial score (nSPS) is 24.6. The van der Waals surface area contributed by atoms with Crippen LogP contribution in [0.4, 0.5) is 0 Å². The molecule has 0 radical (unpaired) electrons. The van der Waals surface area contributed by atoms with Crippen LogP contribution in [0.5, 0.6) is 0 Å². The van der Waals surface area contributed by atoms with Crippen molar-refractivity contribution in [2.24, 2.45) is 5.92 Å². The molecule has 2 aliphatic rings. The van der Waals surface area contributed by atoms with Gasteiger partial charge in [0.05, 0.1) is 0 Å². The number of hydrogen-bond donors (Lipinski definition) is 1. The van der Waals surface area contributed by atoms with Gasteiger partial charge in [-0.05, 0) is 36.9 Å². The van der Waals surface area contributed by atoms with Crippen LogP contribution in [0.2, 0.25) is 0 Å². The van der Waals surface area contributed by atoms with Crippen molar-refractivity contribution in [2.45, 2.75) is 55.2 Å². The van der Waals surface area contributed by atoms with Gasteiger partial charge in [0.1, 0.15) is 0 Å². The Morgan fingerprint density at radius 1 is 1.33 bits per heavy atom. The monoisotopic (exact) mass is 261 g/mol. The van der Waals surface area contributed by atoms with E-state index in [-0.39, 0.29) is 0 Å². The topological polar surface area (TPSA) is 12.0 Å². The van der Waals surface area contributed by atoms with Crippen LogP contribution >= 0.6 is 11.8 Å². The first-order valence-corrected chi connectivity index (χ1v) is 8.22. The lowest BCUT2D eigenvalue weighted by molar-refractivity contribution is 0.258. The Morgan fingerprint density at radius 3 is 2.83 bits per heavy atom. The molecule has 1 fully saturated rings. The Morgan fingerprint density at radius 2 is 2.17 bits per heavy atom. The fourth-order valence-electron chi connectivity index (χ4n) is 3.15. The molecule has 2 heteroatoms. The molecule has 1 aromatic rings. The van der Waals surface area contributed by atoms with Gasteiger partial charge >= 0.3 is 0 Å². The lowest BCUT2D eigenvalue weighted by Crippen LogP contribution is -2.40. The summed E-state index contributed by atoms with van der Waals surface area (Å²) in [5.41, 5.74) is 1.56. The first-order valence-electron chi connectivity index (χ1n) is 7.34. The number of fused-ring (bicyclic) bond motifs is 1. The number of nitrogens with one attached hydrogen (secondary N) is 1. The highest BCUT2D eigenvalue weighted by Gasteiger charge is 2.31. The van der Waals surface area contributed by atoms with Crippen LogP contribution in [0.15, 0.2) is 29.2 Å². The third-order valence-corrected chi connectivity index (χ3v) is 5.85. The zero-order valence-electron chi connectivity index (χ0n) is 11.2. The highest BCUT2D eigenvalue weighted by Crippen LogP contribution is 2.41. The fourth-order valence-corrected chi connectivity index (χ4v) is 4.57. The third kappa shape index (κ3) is 2.60. The summed E-state index contributed by atoms with van der Waals surface area (Å²) in [6.07, 6.45) is 7.03. The highest BCUT2D eigenvalue weighted by molar-refractivity contribution is 8.00. The van der Waals surface area contributed by atoms with Gasteiger partial charge in [-0.1, -0.05) is 44.4 Å². The molecule has 1 heterocycles. The molecule has 1 N–H and O–H groups in total. The van der Waals surface area contributed by atoms with E-state index in [0.717, 1.165) is 17.7 Å². The van der Waals surface area contributed by atoms with Gasteiger partial charge in [0.2, 0.25) is 0 Å². The fraction of sp³-hybridized carbons (Fsp3) is 0.625. The summed E-state index contributed by atoms with van der Waals surface area (Å²) in [7, 11) is 0. The molecule has 1 saturated carbocycles. The standard InChI is InChI=1S/C16H23NS/c1-2-17-14(10-12-6-5-7-12)16-11-13-8-3-4-9-15(13)18-16/h3-4,8-9,12,14,16-17H,2,5-7,10-11H2,1H3. The van der Waals surface area contributed by atoms with Gasteiger partial charge in [0.15, 0.2) is 0 Å². The number of hydrogen-bond acceptors (Lipinski definition) is 2. The summed E-state index contributed by atoms with van der Waals surface area (Å²) in [6, 6.07) is 9.64. The van der Waals surface area contributed by atoms with E-state index in [1.807, 2.05) is 0 Å². The molecule has 3 rings (SSSR count). The molecule has 98 valence electrons. The number of rotatable bonds is 5. The summed E-state index contributed by atoms with van der Waals surface area (Å²) in [5.74, 6) is 0.998. The van der Waals surface area contributed by atoms with Gasteiger partial charge < -0.3 is 5.32 Å². The second-order valence-corrected chi connectivity index (χ2v) is 6.95. The number of benzene rings is 1. The zero-order chi connectivity index (χ0) is 12.4. The van der Waals surface area contributed by atoms with E-state index in [9.17, 15) is 0 Å². The van der Waals surface area contributed by atoms with Gasteiger partial charge in [-0.25, -0.2) is 0 Å². The smallest absolute Gasteiger partial charge is 0.0289 e. The van der Waals surface area contributed by atoms with E-state index in [1.54, 1.807) is 5.56 Å². The largest absolute Gasteiger partial charge is 0.313 e. The van der Waals surface area contributed by atoms with Gasteiger partial charge in [0.25, 0.3) is 0 Å². The molecule has 2 unspecified atom stereocenters. The first-order chi connectivity index (χ1) is 8.86. The van der Waals surface area contributed by atoms with Crippen LogP contribution in [-0.4, -0.2) is 17.8 Å². The van der Waals surface area contributed by atoms with Crippen molar-refractivity contribution in [3.8, 4) is 0 Å². The molecule has 1 aliphatic heterocycles. The minimum atomic E-state index is 0.706. The van der Waals surface area contributed by atoms with E-state index >= 15 is 0 Å². The van der Waals surface area contributed by atoms with Gasteiger partial charge in [-0.3, -0.25) is 0 Å². The maximum atomic E-state index is 3.74. The van der Waals surface area contributed by atoms with Crippen molar-refractivity contribution in [3.63, 3.8) is 0 Å². The van der Waals surface area contributed by atoms with Crippen LogP contribution in [0, 0.1) is 5.92 Å². The van der Waals surface area contributed by atoms with E-state index < -0.39 is 0 Å². The average molecular weight is 261 g/mol. The molecule has 1 aliphatic carbocycles. The molecule has 0 bridgehead atoms. The van der Waals surface area contributed by atoms with Crippen molar-refractivity contribution in [2.75, 3.05) is 6.54 Å². The average Bonchev–Trinajstić information content (AvgIpc) is 2.75. The molecule has 0 aromatic heterocycles. The van der Waals surface area contributed by atoms with Crippen LogP contribution in [0.1, 0.15) is 38.2 Å².